The van der Waals surface area contributed by atoms with Gasteiger partial charge in [-0.3, -0.25) is 14.5 Å². The molecule has 2 aliphatic heterocycles. The number of aliphatic hydroxyl groups is 1. The first kappa shape index (κ1) is 28.1. The third-order valence-electron chi connectivity index (χ3n) is 7.46. The molecule has 2 heterocycles. The van der Waals surface area contributed by atoms with Crippen LogP contribution in [0.3, 0.4) is 0 Å². The van der Waals surface area contributed by atoms with E-state index in [1.165, 1.54) is 0 Å². The van der Waals surface area contributed by atoms with Crippen LogP contribution >= 0.6 is 15.9 Å². The Morgan fingerprint density at radius 3 is 2.48 bits per heavy atom. The fourth-order valence-electron chi connectivity index (χ4n) is 5.22. The molecule has 208 valence electrons. The minimum Gasteiger partial charge on any atom is -0.507 e. The van der Waals surface area contributed by atoms with Gasteiger partial charge >= 0.3 is 0 Å². The molecule has 1 N–H and O–H groups in total. The molecule has 0 spiro atoms. The Bertz CT molecular complexity index is 1400. The number of morpholine rings is 1. The zero-order chi connectivity index (χ0) is 28.1. The van der Waals surface area contributed by atoms with Gasteiger partial charge in [0, 0.05) is 36.2 Å². The van der Waals surface area contributed by atoms with E-state index in [0.717, 1.165) is 40.8 Å². The van der Waals surface area contributed by atoms with Gasteiger partial charge in [0.05, 0.1) is 24.8 Å². The second-order valence-electron chi connectivity index (χ2n) is 10.1. The van der Waals surface area contributed by atoms with Gasteiger partial charge in [0.25, 0.3) is 11.7 Å². The molecule has 7 nitrogen and oxygen atoms in total. The Balaban J connectivity index is 1.39. The number of rotatable bonds is 9. The monoisotopic (exact) mass is 604 g/mol. The minimum absolute atomic E-state index is 0.100. The van der Waals surface area contributed by atoms with E-state index in [1.54, 1.807) is 29.2 Å². The van der Waals surface area contributed by atoms with Crippen molar-refractivity contribution in [1.82, 2.24) is 9.80 Å². The van der Waals surface area contributed by atoms with Gasteiger partial charge in [-0.15, -0.1) is 0 Å². The fourth-order valence-corrected chi connectivity index (χ4v) is 5.64. The summed E-state index contributed by atoms with van der Waals surface area (Å²) >= 11 is 3.51. The average Bonchev–Trinajstić information content (AvgIpc) is 3.22. The predicted octanol–water partition coefficient (Wildman–Crippen LogP) is 5.48. The van der Waals surface area contributed by atoms with Crippen LogP contribution < -0.4 is 4.74 Å². The molecule has 3 aromatic carbocycles. The first-order valence-corrected chi connectivity index (χ1v) is 14.3. The summed E-state index contributed by atoms with van der Waals surface area (Å²) in [5, 5.41) is 11.4. The van der Waals surface area contributed by atoms with Crippen LogP contribution in [0.15, 0.2) is 82.8 Å². The Morgan fingerprint density at radius 2 is 1.75 bits per heavy atom. The number of hydrogen-bond donors (Lipinski definition) is 1. The lowest BCUT2D eigenvalue weighted by atomic mass is 9.95. The maximum atomic E-state index is 13.3. The zero-order valence-electron chi connectivity index (χ0n) is 22.5. The first-order valence-electron chi connectivity index (χ1n) is 13.5. The van der Waals surface area contributed by atoms with Crippen molar-refractivity contribution in [2.75, 3.05) is 39.4 Å². The number of carbonyl (C=O) groups excluding carboxylic acids is 2. The summed E-state index contributed by atoms with van der Waals surface area (Å²) in [5.74, 6) is -0.809. The standard InChI is InChI=1S/C32H33BrN2O5/c1-22-6-2-3-7-25(22)21-40-27-12-10-23(11-13-27)30(36)28-29(24-8-4-9-26(33)20-24)35(32(38)31(28)37)15-5-14-34-16-18-39-19-17-34/h2-4,6-13,20,29,36H,5,14-19,21H2,1H3. The topological polar surface area (TPSA) is 79.3 Å². The molecule has 2 aliphatic rings. The van der Waals surface area contributed by atoms with Crippen molar-refractivity contribution < 1.29 is 24.2 Å². The molecule has 1 unspecified atom stereocenters. The summed E-state index contributed by atoms with van der Waals surface area (Å²) in [5.41, 5.74) is 3.56. The Labute approximate surface area is 243 Å². The molecule has 0 bridgehead atoms. The van der Waals surface area contributed by atoms with Gasteiger partial charge in [0.1, 0.15) is 18.1 Å². The Morgan fingerprint density at radius 1 is 1.00 bits per heavy atom. The highest BCUT2D eigenvalue weighted by Crippen LogP contribution is 2.40. The molecular weight excluding hydrogens is 572 g/mol. The van der Waals surface area contributed by atoms with Crippen molar-refractivity contribution in [2.45, 2.75) is 26.0 Å². The molecule has 8 heteroatoms. The maximum Gasteiger partial charge on any atom is 0.295 e. The Hall–Kier alpha value is -3.46. The number of nitrogens with zero attached hydrogens (tertiary/aromatic N) is 2. The molecule has 0 radical (unpaired) electrons. The van der Waals surface area contributed by atoms with E-state index in [4.69, 9.17) is 9.47 Å². The highest BCUT2D eigenvalue weighted by molar-refractivity contribution is 9.10. The van der Waals surface area contributed by atoms with E-state index < -0.39 is 17.7 Å². The summed E-state index contributed by atoms with van der Waals surface area (Å²) in [4.78, 5) is 30.5. The van der Waals surface area contributed by atoms with E-state index in [9.17, 15) is 14.7 Å². The van der Waals surface area contributed by atoms with Crippen molar-refractivity contribution in [3.63, 3.8) is 0 Å². The molecule has 0 saturated carbocycles. The molecular formula is C32H33BrN2O5. The van der Waals surface area contributed by atoms with Gasteiger partial charge in [-0.2, -0.15) is 0 Å². The molecule has 1 amide bonds. The molecule has 40 heavy (non-hydrogen) atoms. The van der Waals surface area contributed by atoms with Crippen LogP contribution in [0.1, 0.15) is 34.7 Å². The summed E-state index contributed by atoms with van der Waals surface area (Å²) in [6.45, 7) is 6.81. The summed E-state index contributed by atoms with van der Waals surface area (Å²) in [6.07, 6.45) is 0.713. The number of aliphatic hydroxyl groups excluding tert-OH is 1. The van der Waals surface area contributed by atoms with E-state index >= 15 is 0 Å². The summed E-state index contributed by atoms with van der Waals surface area (Å²) < 4.78 is 12.2. The quantitative estimate of drug-likeness (QED) is 0.198. The molecule has 0 aromatic heterocycles. The highest BCUT2D eigenvalue weighted by Gasteiger charge is 2.45. The number of ether oxygens (including phenoxy) is 2. The van der Waals surface area contributed by atoms with Gasteiger partial charge in [-0.1, -0.05) is 52.3 Å². The molecule has 0 aliphatic carbocycles. The lowest BCUT2D eigenvalue weighted by Gasteiger charge is -2.29. The molecule has 2 saturated heterocycles. The number of hydrogen-bond acceptors (Lipinski definition) is 6. The zero-order valence-corrected chi connectivity index (χ0v) is 24.1. The molecule has 2 fully saturated rings. The number of aryl methyl sites for hydroxylation is 1. The second kappa shape index (κ2) is 12.8. The molecule has 5 rings (SSSR count). The number of Topliss-reactive ketones (excluding diaryl/α,β-unsaturated/α-hetero) is 1. The lowest BCUT2D eigenvalue weighted by Crippen LogP contribution is -2.38. The number of benzene rings is 3. The molecule has 3 aromatic rings. The third kappa shape index (κ3) is 6.30. The van der Waals surface area contributed by atoms with Crippen LogP contribution in [0.2, 0.25) is 0 Å². The normalized spacial score (nSPS) is 19.2. The Kier molecular flexibility index (Phi) is 8.99. The van der Waals surface area contributed by atoms with Crippen LogP contribution in [0, 0.1) is 6.92 Å². The smallest absolute Gasteiger partial charge is 0.295 e. The van der Waals surface area contributed by atoms with Crippen molar-refractivity contribution in [1.29, 1.82) is 0 Å². The van der Waals surface area contributed by atoms with Gasteiger partial charge in [0.15, 0.2) is 0 Å². The van der Waals surface area contributed by atoms with Gasteiger partial charge in [-0.25, -0.2) is 0 Å². The third-order valence-corrected chi connectivity index (χ3v) is 7.96. The van der Waals surface area contributed by atoms with Crippen molar-refractivity contribution in [3.8, 4) is 5.75 Å². The van der Waals surface area contributed by atoms with E-state index in [2.05, 4.69) is 20.8 Å². The van der Waals surface area contributed by atoms with Gasteiger partial charge < -0.3 is 19.5 Å². The minimum atomic E-state index is -0.681. The predicted molar refractivity (Wildman–Crippen MR) is 157 cm³/mol. The number of carbonyl (C=O) groups is 2. The van der Waals surface area contributed by atoms with E-state index in [0.29, 0.717) is 44.1 Å². The molecule has 1 atom stereocenters. The van der Waals surface area contributed by atoms with E-state index in [1.807, 2.05) is 55.5 Å². The second-order valence-corrected chi connectivity index (χ2v) is 11.0. The van der Waals surface area contributed by atoms with Crippen molar-refractivity contribution in [2.24, 2.45) is 0 Å². The van der Waals surface area contributed by atoms with Gasteiger partial charge in [-0.05, 0) is 66.4 Å². The summed E-state index contributed by atoms with van der Waals surface area (Å²) in [6, 6.07) is 21.8. The van der Waals surface area contributed by atoms with Crippen molar-refractivity contribution in [3.05, 3.63) is 105 Å². The largest absolute Gasteiger partial charge is 0.507 e. The van der Waals surface area contributed by atoms with E-state index in [-0.39, 0.29) is 11.3 Å². The highest BCUT2D eigenvalue weighted by atomic mass is 79.9. The van der Waals surface area contributed by atoms with Gasteiger partial charge in [0.2, 0.25) is 0 Å². The fraction of sp³-hybridized carbons (Fsp3) is 0.312. The average molecular weight is 606 g/mol. The number of halogens is 1. The number of likely N-dealkylation sites (tertiary alicyclic amines) is 1. The lowest BCUT2D eigenvalue weighted by molar-refractivity contribution is -0.140. The van der Waals surface area contributed by atoms with Crippen LogP contribution in [-0.4, -0.2) is 66.0 Å². The number of amides is 1. The van der Waals surface area contributed by atoms with Crippen LogP contribution in [-0.2, 0) is 20.9 Å². The maximum absolute atomic E-state index is 13.3. The van der Waals surface area contributed by atoms with Crippen molar-refractivity contribution >= 4 is 33.4 Å². The number of ketones is 1. The van der Waals surface area contributed by atoms with Crippen LogP contribution in [0.5, 0.6) is 5.75 Å². The summed E-state index contributed by atoms with van der Waals surface area (Å²) in [7, 11) is 0. The van der Waals surface area contributed by atoms with Crippen LogP contribution in [0.4, 0.5) is 0 Å². The SMILES string of the molecule is Cc1ccccc1COc1ccc(C(O)=C2C(=O)C(=O)N(CCCN3CCOCC3)C2c2cccc(Br)c2)cc1. The van der Waals surface area contributed by atoms with Crippen LogP contribution in [0.25, 0.3) is 5.76 Å². The first-order chi connectivity index (χ1) is 19.4.